The van der Waals surface area contributed by atoms with E-state index in [4.69, 9.17) is 33.7 Å². The molecule has 0 fully saturated rings. The molecule has 0 aliphatic carbocycles. The summed E-state index contributed by atoms with van der Waals surface area (Å²) in [6.07, 6.45) is 0. The van der Waals surface area contributed by atoms with Crippen molar-refractivity contribution in [2.45, 2.75) is 6.04 Å². The van der Waals surface area contributed by atoms with Crippen molar-refractivity contribution in [2.24, 2.45) is 5.73 Å². The van der Waals surface area contributed by atoms with Gasteiger partial charge in [-0.2, -0.15) is 0 Å². The Bertz CT molecular complexity index is 573. The van der Waals surface area contributed by atoms with Gasteiger partial charge in [-0.3, -0.25) is 0 Å². The van der Waals surface area contributed by atoms with Gasteiger partial charge in [0, 0.05) is 27.8 Å². The molecule has 0 amide bonds. The van der Waals surface area contributed by atoms with Crippen LogP contribution in [-0.2, 0) is 0 Å². The monoisotopic (exact) mass is 310 g/mol. The number of ether oxygens (including phenoxy) is 1. The average Bonchev–Trinajstić information content (AvgIpc) is 2.47. The number of anilines is 1. The van der Waals surface area contributed by atoms with Crippen molar-refractivity contribution in [1.29, 1.82) is 0 Å². The maximum Gasteiger partial charge on any atom is 0.125 e. The van der Waals surface area contributed by atoms with Crippen LogP contribution in [0, 0.1) is 0 Å². The molecular weight excluding hydrogens is 295 g/mol. The Morgan fingerprint density at radius 3 is 2.45 bits per heavy atom. The molecular formula is C15H16Cl2N2O. The van der Waals surface area contributed by atoms with Crippen LogP contribution in [0.1, 0.15) is 11.6 Å². The van der Waals surface area contributed by atoms with Crippen molar-refractivity contribution >= 4 is 28.9 Å². The van der Waals surface area contributed by atoms with E-state index < -0.39 is 0 Å². The molecule has 2 aromatic rings. The van der Waals surface area contributed by atoms with E-state index in [-0.39, 0.29) is 6.04 Å². The first-order valence-corrected chi connectivity index (χ1v) is 6.96. The first kappa shape index (κ1) is 15.0. The summed E-state index contributed by atoms with van der Waals surface area (Å²) in [5, 5.41) is 4.66. The van der Waals surface area contributed by atoms with E-state index in [9.17, 15) is 0 Å². The summed E-state index contributed by atoms with van der Waals surface area (Å²) in [6, 6.07) is 12.8. The molecule has 5 heteroatoms. The Balaban J connectivity index is 2.31. The van der Waals surface area contributed by atoms with Crippen LogP contribution < -0.4 is 15.8 Å². The normalized spacial score (nSPS) is 12.0. The van der Waals surface area contributed by atoms with Crippen LogP contribution in [0.4, 0.5) is 5.69 Å². The highest BCUT2D eigenvalue weighted by atomic mass is 35.5. The molecule has 106 valence electrons. The predicted octanol–water partition coefficient (Wildman–Crippen LogP) is 4.11. The molecule has 0 spiro atoms. The lowest BCUT2D eigenvalue weighted by Gasteiger charge is -2.22. The first-order valence-electron chi connectivity index (χ1n) is 6.20. The molecule has 1 atom stereocenters. The largest absolute Gasteiger partial charge is 0.496 e. The van der Waals surface area contributed by atoms with Crippen LogP contribution in [0.5, 0.6) is 5.75 Å². The summed E-state index contributed by atoms with van der Waals surface area (Å²) in [7, 11) is 1.62. The van der Waals surface area contributed by atoms with Crippen molar-refractivity contribution in [1.82, 2.24) is 0 Å². The summed E-state index contributed by atoms with van der Waals surface area (Å²) < 4.78 is 5.36. The maximum absolute atomic E-state index is 6.28. The van der Waals surface area contributed by atoms with E-state index in [2.05, 4.69) is 5.32 Å². The molecule has 0 aliphatic rings. The summed E-state index contributed by atoms with van der Waals surface area (Å²) in [5.41, 5.74) is 7.65. The summed E-state index contributed by atoms with van der Waals surface area (Å²) in [6.45, 7) is 0.392. The van der Waals surface area contributed by atoms with E-state index in [1.807, 2.05) is 42.5 Å². The molecule has 0 radical (unpaired) electrons. The second kappa shape index (κ2) is 6.84. The number of methoxy groups -OCH3 is 1. The highest BCUT2D eigenvalue weighted by Crippen LogP contribution is 2.33. The van der Waals surface area contributed by atoms with Crippen molar-refractivity contribution in [3.8, 4) is 5.75 Å². The van der Waals surface area contributed by atoms with Gasteiger partial charge in [0.2, 0.25) is 0 Å². The van der Waals surface area contributed by atoms with Crippen molar-refractivity contribution in [2.75, 3.05) is 19.0 Å². The number of halogens is 2. The molecule has 0 saturated carbocycles. The zero-order chi connectivity index (χ0) is 14.5. The Hall–Kier alpha value is -1.42. The highest BCUT2D eigenvalue weighted by molar-refractivity contribution is 6.31. The Kier molecular flexibility index (Phi) is 5.12. The fourth-order valence-corrected chi connectivity index (χ4v) is 2.45. The van der Waals surface area contributed by atoms with Gasteiger partial charge in [-0.15, -0.1) is 0 Å². The highest BCUT2D eigenvalue weighted by Gasteiger charge is 2.18. The summed E-state index contributed by atoms with van der Waals surface area (Å²) in [5.74, 6) is 0.717. The second-order valence-corrected chi connectivity index (χ2v) is 5.14. The minimum atomic E-state index is -0.139. The lowest BCUT2D eigenvalue weighted by molar-refractivity contribution is 0.407. The van der Waals surface area contributed by atoms with Crippen LogP contribution in [0.15, 0.2) is 42.5 Å². The van der Waals surface area contributed by atoms with Crippen molar-refractivity contribution in [3.63, 3.8) is 0 Å². The van der Waals surface area contributed by atoms with Crippen LogP contribution >= 0.6 is 23.2 Å². The quantitative estimate of drug-likeness (QED) is 0.873. The van der Waals surface area contributed by atoms with Gasteiger partial charge < -0.3 is 15.8 Å². The van der Waals surface area contributed by atoms with Gasteiger partial charge in [0.05, 0.1) is 13.2 Å². The zero-order valence-electron chi connectivity index (χ0n) is 11.1. The van der Waals surface area contributed by atoms with Crippen LogP contribution in [-0.4, -0.2) is 13.7 Å². The molecule has 3 N–H and O–H groups in total. The van der Waals surface area contributed by atoms with Gasteiger partial charge in [0.15, 0.2) is 0 Å². The van der Waals surface area contributed by atoms with Gasteiger partial charge >= 0.3 is 0 Å². The molecule has 0 aliphatic heterocycles. The number of benzene rings is 2. The van der Waals surface area contributed by atoms with E-state index in [0.717, 1.165) is 17.0 Å². The third-order valence-electron chi connectivity index (χ3n) is 3.00. The average molecular weight is 311 g/mol. The molecule has 0 heterocycles. The van der Waals surface area contributed by atoms with Crippen molar-refractivity contribution in [3.05, 3.63) is 58.1 Å². The molecule has 0 bridgehead atoms. The zero-order valence-corrected chi connectivity index (χ0v) is 12.6. The Morgan fingerprint density at radius 2 is 1.85 bits per heavy atom. The number of nitrogens with one attached hydrogen (secondary N) is 1. The molecule has 0 saturated heterocycles. The Morgan fingerprint density at radius 1 is 1.15 bits per heavy atom. The van der Waals surface area contributed by atoms with Gasteiger partial charge in [-0.25, -0.2) is 0 Å². The standard InChI is InChI=1S/C15H16Cl2N2O/c1-20-14-4-2-3-12(17)15(14)13(9-18)19-11-7-5-10(16)6-8-11/h2-8,13,19H,9,18H2,1H3. The second-order valence-electron chi connectivity index (χ2n) is 4.30. The van der Waals surface area contributed by atoms with Crippen LogP contribution in [0.2, 0.25) is 10.0 Å². The topological polar surface area (TPSA) is 47.3 Å². The van der Waals surface area contributed by atoms with Gasteiger partial charge in [0.1, 0.15) is 5.75 Å². The SMILES string of the molecule is COc1cccc(Cl)c1C(CN)Nc1ccc(Cl)cc1. The minimum absolute atomic E-state index is 0.139. The molecule has 0 aromatic heterocycles. The third kappa shape index (κ3) is 3.37. The first-order chi connectivity index (χ1) is 9.65. The molecule has 1 unspecified atom stereocenters. The van der Waals surface area contributed by atoms with E-state index in [1.165, 1.54) is 0 Å². The fourth-order valence-electron chi connectivity index (χ4n) is 2.03. The molecule has 2 rings (SSSR count). The van der Waals surface area contributed by atoms with Gasteiger partial charge in [-0.1, -0.05) is 29.3 Å². The molecule has 20 heavy (non-hydrogen) atoms. The van der Waals surface area contributed by atoms with E-state index in [1.54, 1.807) is 7.11 Å². The van der Waals surface area contributed by atoms with Crippen molar-refractivity contribution < 1.29 is 4.74 Å². The van der Waals surface area contributed by atoms with Crippen LogP contribution in [0.25, 0.3) is 0 Å². The predicted molar refractivity (Wildman–Crippen MR) is 84.9 cm³/mol. The summed E-state index contributed by atoms with van der Waals surface area (Å²) in [4.78, 5) is 0. The van der Waals surface area contributed by atoms with Gasteiger partial charge in [0.25, 0.3) is 0 Å². The summed E-state index contributed by atoms with van der Waals surface area (Å²) >= 11 is 12.2. The van der Waals surface area contributed by atoms with E-state index >= 15 is 0 Å². The number of rotatable bonds is 5. The number of nitrogens with two attached hydrogens (primary N) is 1. The smallest absolute Gasteiger partial charge is 0.125 e. The lowest BCUT2D eigenvalue weighted by Crippen LogP contribution is -2.21. The number of hydrogen-bond acceptors (Lipinski definition) is 3. The third-order valence-corrected chi connectivity index (χ3v) is 3.58. The number of hydrogen-bond donors (Lipinski definition) is 2. The van der Waals surface area contributed by atoms with Gasteiger partial charge in [-0.05, 0) is 36.4 Å². The van der Waals surface area contributed by atoms with Crippen LogP contribution in [0.3, 0.4) is 0 Å². The minimum Gasteiger partial charge on any atom is -0.496 e. The molecule has 3 nitrogen and oxygen atoms in total. The lowest BCUT2D eigenvalue weighted by atomic mass is 10.0. The maximum atomic E-state index is 6.28. The molecule has 2 aromatic carbocycles. The van der Waals surface area contributed by atoms with E-state index in [0.29, 0.717) is 16.6 Å². The Labute approximate surface area is 128 Å². The fraction of sp³-hybridized carbons (Fsp3) is 0.200.